The minimum Gasteiger partial charge on any atom is -0.444 e. The molecule has 2 N–H and O–H groups in total. The van der Waals surface area contributed by atoms with Gasteiger partial charge in [0.25, 0.3) is 0 Å². The summed E-state index contributed by atoms with van der Waals surface area (Å²) in [4.78, 5) is 28.2. The third-order valence-electron chi connectivity index (χ3n) is 3.54. The van der Waals surface area contributed by atoms with Gasteiger partial charge >= 0.3 is 12.2 Å². The van der Waals surface area contributed by atoms with E-state index in [1.54, 1.807) is 9.80 Å². The van der Waals surface area contributed by atoms with Crippen molar-refractivity contribution in [1.82, 2.24) is 20.4 Å². The van der Waals surface area contributed by atoms with Crippen LogP contribution in [-0.4, -0.2) is 85.5 Å². The van der Waals surface area contributed by atoms with Crippen molar-refractivity contribution in [2.45, 2.75) is 52.7 Å². The van der Waals surface area contributed by atoms with E-state index in [4.69, 9.17) is 9.47 Å². The Kier molecular flexibility index (Phi) is 8.62. The van der Waals surface area contributed by atoms with Gasteiger partial charge in [0.1, 0.15) is 11.2 Å². The summed E-state index contributed by atoms with van der Waals surface area (Å²) in [5.74, 6) is 0. The quantitative estimate of drug-likeness (QED) is 0.673. The Morgan fingerprint density at radius 3 is 1.31 bits per heavy atom. The zero-order valence-electron chi connectivity index (χ0n) is 17.2. The smallest absolute Gasteiger partial charge is 0.410 e. The van der Waals surface area contributed by atoms with Crippen LogP contribution in [0.2, 0.25) is 0 Å². The van der Waals surface area contributed by atoms with E-state index in [2.05, 4.69) is 10.6 Å². The van der Waals surface area contributed by atoms with Crippen LogP contribution >= 0.6 is 0 Å². The number of hydrogen-bond donors (Lipinski definition) is 2. The van der Waals surface area contributed by atoms with E-state index in [0.29, 0.717) is 39.3 Å². The molecular weight excluding hydrogens is 336 g/mol. The predicted molar refractivity (Wildman–Crippen MR) is 101 cm³/mol. The van der Waals surface area contributed by atoms with Gasteiger partial charge in [-0.25, -0.2) is 9.59 Å². The van der Waals surface area contributed by atoms with Crippen LogP contribution in [0.5, 0.6) is 0 Å². The van der Waals surface area contributed by atoms with Gasteiger partial charge < -0.3 is 29.9 Å². The maximum absolute atomic E-state index is 12.5. The predicted octanol–water partition coefficient (Wildman–Crippen LogP) is 1.65. The van der Waals surface area contributed by atoms with Gasteiger partial charge in [-0.1, -0.05) is 0 Å². The number of hydrogen-bond acceptors (Lipinski definition) is 6. The van der Waals surface area contributed by atoms with Crippen LogP contribution in [0.25, 0.3) is 0 Å². The number of carbonyl (C=O) groups excluding carboxylic acids is 2. The summed E-state index contributed by atoms with van der Waals surface area (Å²) in [6, 6.07) is 0. The van der Waals surface area contributed by atoms with Crippen molar-refractivity contribution < 1.29 is 19.1 Å². The van der Waals surface area contributed by atoms with Crippen LogP contribution in [0.1, 0.15) is 41.5 Å². The van der Waals surface area contributed by atoms with Crippen LogP contribution in [0.3, 0.4) is 0 Å². The Hall–Kier alpha value is -1.54. The highest BCUT2D eigenvalue weighted by Gasteiger charge is 2.25. The number of rotatable bonds is 0. The molecule has 8 nitrogen and oxygen atoms in total. The molecule has 1 fully saturated rings. The van der Waals surface area contributed by atoms with E-state index in [9.17, 15) is 9.59 Å². The first-order chi connectivity index (χ1) is 12.0. The van der Waals surface area contributed by atoms with E-state index in [0.717, 1.165) is 13.1 Å². The van der Waals surface area contributed by atoms with Gasteiger partial charge in [0.2, 0.25) is 0 Å². The number of ether oxygens (including phenoxy) is 2. The molecular formula is C18H36N4O4. The first kappa shape index (κ1) is 22.5. The number of amides is 2. The summed E-state index contributed by atoms with van der Waals surface area (Å²) in [7, 11) is 0. The van der Waals surface area contributed by atoms with Crippen molar-refractivity contribution in [3.8, 4) is 0 Å². The van der Waals surface area contributed by atoms with Gasteiger partial charge in [-0.05, 0) is 41.5 Å². The zero-order valence-corrected chi connectivity index (χ0v) is 17.2. The fourth-order valence-electron chi connectivity index (χ4n) is 2.34. The number of nitrogens with zero attached hydrogens (tertiary/aromatic N) is 2. The lowest BCUT2D eigenvalue weighted by molar-refractivity contribution is 0.0136. The first-order valence-corrected chi connectivity index (χ1v) is 9.35. The van der Waals surface area contributed by atoms with Crippen molar-refractivity contribution in [3.63, 3.8) is 0 Å². The lowest BCUT2D eigenvalue weighted by Crippen LogP contribution is -2.48. The second-order valence-corrected chi connectivity index (χ2v) is 8.43. The van der Waals surface area contributed by atoms with Gasteiger partial charge in [0.05, 0.1) is 0 Å². The number of nitrogens with one attached hydrogen (secondary N) is 2. The average Bonchev–Trinajstić information content (AvgIpc) is 2.43. The van der Waals surface area contributed by atoms with Gasteiger partial charge in [-0.3, -0.25) is 0 Å². The van der Waals surface area contributed by atoms with Crippen molar-refractivity contribution in [2.24, 2.45) is 0 Å². The summed E-state index contributed by atoms with van der Waals surface area (Å²) in [6.07, 6.45) is -0.725. The molecule has 26 heavy (non-hydrogen) atoms. The summed E-state index contributed by atoms with van der Waals surface area (Å²) >= 11 is 0. The molecule has 0 aromatic carbocycles. The molecule has 152 valence electrons. The minimum absolute atomic E-state index is 0.362. The van der Waals surface area contributed by atoms with Crippen LogP contribution in [-0.2, 0) is 9.47 Å². The molecule has 0 unspecified atom stereocenters. The summed E-state index contributed by atoms with van der Waals surface area (Å²) in [5.41, 5.74) is -1.11. The summed E-state index contributed by atoms with van der Waals surface area (Å²) < 4.78 is 11.0. The van der Waals surface area contributed by atoms with E-state index in [-0.39, 0.29) is 12.2 Å². The van der Waals surface area contributed by atoms with Crippen LogP contribution in [0.4, 0.5) is 9.59 Å². The highest BCUT2D eigenvalue weighted by molar-refractivity contribution is 5.69. The fraction of sp³-hybridized carbons (Fsp3) is 0.889. The summed E-state index contributed by atoms with van der Waals surface area (Å²) in [6.45, 7) is 15.9. The van der Waals surface area contributed by atoms with E-state index < -0.39 is 11.2 Å². The first-order valence-electron chi connectivity index (χ1n) is 9.35. The molecule has 0 aromatic heterocycles. The molecule has 8 heteroatoms. The van der Waals surface area contributed by atoms with Crippen LogP contribution in [0.15, 0.2) is 0 Å². The standard InChI is InChI=1S/C18H36N4O4/c1-17(2,3)25-15(23)21-11-9-19-7-8-20-10-12-22(14-13-21)16(24)26-18(4,5)6/h19-20H,7-14H2,1-6H3. The van der Waals surface area contributed by atoms with Gasteiger partial charge in [-0.2, -0.15) is 0 Å². The Bertz CT molecular complexity index is 415. The third kappa shape index (κ3) is 9.82. The Morgan fingerprint density at radius 2 is 1.00 bits per heavy atom. The number of carbonyl (C=O) groups is 2. The molecule has 1 aliphatic rings. The molecule has 1 saturated heterocycles. The van der Waals surface area contributed by atoms with Gasteiger partial charge in [0, 0.05) is 52.4 Å². The second-order valence-electron chi connectivity index (χ2n) is 8.43. The molecule has 0 aromatic rings. The average molecular weight is 373 g/mol. The molecule has 0 aliphatic carbocycles. The molecule has 0 atom stereocenters. The molecule has 1 aliphatic heterocycles. The fourth-order valence-corrected chi connectivity index (χ4v) is 2.34. The largest absolute Gasteiger partial charge is 0.444 e. The molecule has 1 rings (SSSR count). The lowest BCUT2D eigenvalue weighted by Gasteiger charge is -2.31. The molecule has 1 heterocycles. The van der Waals surface area contributed by atoms with Gasteiger partial charge in [0.15, 0.2) is 0 Å². The van der Waals surface area contributed by atoms with Crippen LogP contribution in [0, 0.1) is 0 Å². The maximum atomic E-state index is 12.5. The Labute approximate surface area is 157 Å². The lowest BCUT2D eigenvalue weighted by atomic mass is 10.2. The summed E-state index contributed by atoms with van der Waals surface area (Å²) in [5, 5.41) is 6.60. The van der Waals surface area contributed by atoms with E-state index >= 15 is 0 Å². The monoisotopic (exact) mass is 372 g/mol. The maximum Gasteiger partial charge on any atom is 0.410 e. The molecule has 2 amide bonds. The zero-order chi connectivity index (χ0) is 19.8. The van der Waals surface area contributed by atoms with Crippen molar-refractivity contribution in [3.05, 3.63) is 0 Å². The highest BCUT2D eigenvalue weighted by Crippen LogP contribution is 2.12. The second kappa shape index (κ2) is 9.97. The Morgan fingerprint density at radius 1 is 0.654 bits per heavy atom. The van der Waals surface area contributed by atoms with E-state index in [1.165, 1.54) is 0 Å². The van der Waals surface area contributed by atoms with Crippen molar-refractivity contribution in [2.75, 3.05) is 52.4 Å². The molecule has 0 bridgehead atoms. The van der Waals surface area contributed by atoms with Crippen molar-refractivity contribution in [1.29, 1.82) is 0 Å². The van der Waals surface area contributed by atoms with Crippen LogP contribution < -0.4 is 10.6 Å². The topological polar surface area (TPSA) is 83.1 Å². The normalized spacial score (nSPS) is 18.5. The Balaban J connectivity index is 2.78. The third-order valence-corrected chi connectivity index (χ3v) is 3.54. The van der Waals surface area contributed by atoms with Gasteiger partial charge in [-0.15, -0.1) is 0 Å². The van der Waals surface area contributed by atoms with E-state index in [1.807, 2.05) is 41.5 Å². The SMILES string of the molecule is CC(C)(C)OC(=O)N1CCNCCNCCN(C(=O)OC(C)(C)C)CC1. The molecule has 0 spiro atoms. The highest BCUT2D eigenvalue weighted by atomic mass is 16.6. The minimum atomic E-state index is -0.553. The molecule has 0 radical (unpaired) electrons. The molecule has 0 saturated carbocycles. The van der Waals surface area contributed by atoms with Crippen molar-refractivity contribution >= 4 is 12.2 Å².